The molecule has 0 aromatic rings. The molecule has 0 aliphatic carbocycles. The topological polar surface area (TPSA) is 107 Å². The van der Waals surface area contributed by atoms with Crippen LogP contribution in [0, 0.1) is 5.92 Å². The van der Waals surface area contributed by atoms with E-state index in [0.29, 0.717) is 6.42 Å². The standard InChI is InChI=1S/C12H19N3O5/c1-4-8-10(17)13-9(16)6-15(8)12(20)14(3)5-7(2)11(18)19/h7-8H,4-6H2,1-3H3,(H,18,19)(H,13,16,17). The highest BCUT2D eigenvalue weighted by Crippen LogP contribution is 2.12. The third-order valence-electron chi connectivity index (χ3n) is 3.18. The van der Waals surface area contributed by atoms with E-state index in [1.54, 1.807) is 6.92 Å². The highest BCUT2D eigenvalue weighted by molar-refractivity contribution is 6.04. The number of amides is 4. The fourth-order valence-corrected chi connectivity index (χ4v) is 2.06. The minimum Gasteiger partial charge on any atom is -0.481 e. The van der Waals surface area contributed by atoms with E-state index in [4.69, 9.17) is 5.11 Å². The second-order valence-electron chi connectivity index (χ2n) is 4.87. The summed E-state index contributed by atoms with van der Waals surface area (Å²) in [6.45, 7) is 3.03. The zero-order valence-electron chi connectivity index (χ0n) is 11.8. The summed E-state index contributed by atoms with van der Waals surface area (Å²) in [6, 6.07) is -1.23. The Morgan fingerprint density at radius 3 is 2.60 bits per heavy atom. The first-order valence-corrected chi connectivity index (χ1v) is 6.36. The number of rotatable bonds is 4. The number of carbonyl (C=O) groups is 4. The van der Waals surface area contributed by atoms with E-state index >= 15 is 0 Å². The van der Waals surface area contributed by atoms with Gasteiger partial charge in [0.25, 0.3) is 0 Å². The number of aliphatic carboxylic acids is 1. The predicted octanol–water partition coefficient (Wildman–Crippen LogP) is -0.504. The number of hydrogen-bond acceptors (Lipinski definition) is 4. The van der Waals surface area contributed by atoms with Gasteiger partial charge in [-0.2, -0.15) is 0 Å². The fourth-order valence-electron chi connectivity index (χ4n) is 2.06. The van der Waals surface area contributed by atoms with Crippen LogP contribution in [0.4, 0.5) is 4.79 Å². The molecule has 1 heterocycles. The number of urea groups is 1. The van der Waals surface area contributed by atoms with E-state index in [-0.39, 0.29) is 13.1 Å². The normalized spacial score (nSPS) is 20.4. The zero-order valence-corrected chi connectivity index (χ0v) is 11.8. The molecule has 20 heavy (non-hydrogen) atoms. The van der Waals surface area contributed by atoms with E-state index in [1.165, 1.54) is 23.8 Å². The highest BCUT2D eigenvalue weighted by Gasteiger charge is 2.37. The molecule has 4 amide bonds. The third kappa shape index (κ3) is 3.46. The van der Waals surface area contributed by atoms with Gasteiger partial charge < -0.3 is 14.9 Å². The van der Waals surface area contributed by atoms with Crippen LogP contribution in [0.2, 0.25) is 0 Å². The number of nitrogens with zero attached hydrogens (tertiary/aromatic N) is 2. The van der Waals surface area contributed by atoms with Gasteiger partial charge in [-0.1, -0.05) is 13.8 Å². The van der Waals surface area contributed by atoms with E-state index < -0.39 is 35.8 Å². The monoisotopic (exact) mass is 285 g/mol. The van der Waals surface area contributed by atoms with Gasteiger partial charge >= 0.3 is 12.0 Å². The van der Waals surface area contributed by atoms with Crippen molar-refractivity contribution in [3.05, 3.63) is 0 Å². The summed E-state index contributed by atoms with van der Waals surface area (Å²) in [4.78, 5) is 48.5. The van der Waals surface area contributed by atoms with Gasteiger partial charge in [-0.3, -0.25) is 19.7 Å². The van der Waals surface area contributed by atoms with Crippen molar-refractivity contribution in [2.45, 2.75) is 26.3 Å². The lowest BCUT2D eigenvalue weighted by atomic mass is 10.1. The van der Waals surface area contributed by atoms with Gasteiger partial charge in [-0.25, -0.2) is 4.79 Å². The Morgan fingerprint density at radius 2 is 2.10 bits per heavy atom. The first-order chi connectivity index (χ1) is 9.27. The molecule has 2 unspecified atom stereocenters. The first-order valence-electron chi connectivity index (χ1n) is 6.36. The van der Waals surface area contributed by atoms with Gasteiger partial charge in [-0.15, -0.1) is 0 Å². The van der Waals surface area contributed by atoms with Gasteiger partial charge in [0.1, 0.15) is 12.6 Å². The number of carboxylic acid groups (broad SMARTS) is 1. The Balaban J connectivity index is 2.79. The largest absolute Gasteiger partial charge is 0.481 e. The van der Waals surface area contributed by atoms with Crippen molar-refractivity contribution in [3.8, 4) is 0 Å². The van der Waals surface area contributed by atoms with Crippen molar-refractivity contribution in [3.63, 3.8) is 0 Å². The quantitative estimate of drug-likeness (QED) is 0.677. The molecule has 0 bridgehead atoms. The van der Waals surface area contributed by atoms with E-state index in [2.05, 4.69) is 5.32 Å². The van der Waals surface area contributed by atoms with Crippen LogP contribution >= 0.6 is 0 Å². The molecular weight excluding hydrogens is 266 g/mol. The molecule has 1 aliphatic rings. The molecule has 1 aliphatic heterocycles. The van der Waals surface area contributed by atoms with Gasteiger partial charge in [0, 0.05) is 13.6 Å². The molecule has 1 fully saturated rings. The maximum absolute atomic E-state index is 12.2. The molecule has 0 spiro atoms. The highest BCUT2D eigenvalue weighted by atomic mass is 16.4. The Morgan fingerprint density at radius 1 is 1.50 bits per heavy atom. The minimum atomic E-state index is -1.01. The number of hydrogen-bond donors (Lipinski definition) is 2. The molecule has 2 atom stereocenters. The molecule has 112 valence electrons. The molecule has 8 heteroatoms. The predicted molar refractivity (Wildman–Crippen MR) is 68.8 cm³/mol. The summed E-state index contributed by atoms with van der Waals surface area (Å²) in [5, 5.41) is 11.0. The average Bonchev–Trinajstić information content (AvgIpc) is 2.36. The lowest BCUT2D eigenvalue weighted by Gasteiger charge is -2.36. The maximum atomic E-state index is 12.2. The average molecular weight is 285 g/mol. The van der Waals surface area contributed by atoms with Crippen LogP contribution in [-0.2, 0) is 14.4 Å². The zero-order chi connectivity index (χ0) is 15.4. The maximum Gasteiger partial charge on any atom is 0.320 e. The van der Waals surface area contributed by atoms with Crippen molar-refractivity contribution >= 4 is 23.8 Å². The summed E-state index contributed by atoms with van der Waals surface area (Å²) in [5.41, 5.74) is 0. The van der Waals surface area contributed by atoms with Gasteiger partial charge in [0.05, 0.1) is 5.92 Å². The van der Waals surface area contributed by atoms with Crippen LogP contribution < -0.4 is 5.32 Å². The van der Waals surface area contributed by atoms with E-state index in [9.17, 15) is 19.2 Å². The Bertz CT molecular complexity index is 437. The van der Waals surface area contributed by atoms with Crippen LogP contribution in [0.15, 0.2) is 0 Å². The van der Waals surface area contributed by atoms with Crippen molar-refractivity contribution in [2.24, 2.45) is 5.92 Å². The molecule has 0 radical (unpaired) electrons. The molecule has 0 aromatic heterocycles. The second-order valence-corrected chi connectivity index (χ2v) is 4.87. The number of piperazine rings is 1. The molecule has 2 N–H and O–H groups in total. The van der Waals surface area contributed by atoms with Crippen LogP contribution in [0.3, 0.4) is 0 Å². The van der Waals surface area contributed by atoms with Gasteiger partial charge in [0.2, 0.25) is 11.8 Å². The van der Waals surface area contributed by atoms with Gasteiger partial charge in [-0.05, 0) is 6.42 Å². The molecule has 1 saturated heterocycles. The Kier molecular flexibility index (Phi) is 5.06. The van der Waals surface area contributed by atoms with Crippen molar-refractivity contribution in [2.75, 3.05) is 20.1 Å². The van der Waals surface area contributed by atoms with E-state index in [0.717, 1.165) is 0 Å². The summed E-state index contributed by atoms with van der Waals surface area (Å²) < 4.78 is 0. The number of nitrogens with one attached hydrogen (secondary N) is 1. The summed E-state index contributed by atoms with van der Waals surface area (Å²) in [7, 11) is 1.45. The SMILES string of the molecule is CCC1C(=O)NC(=O)CN1C(=O)N(C)CC(C)C(=O)O. The molecule has 8 nitrogen and oxygen atoms in total. The van der Waals surface area contributed by atoms with Crippen LogP contribution in [0.25, 0.3) is 0 Å². The minimum absolute atomic E-state index is 0.0108. The fraction of sp³-hybridized carbons (Fsp3) is 0.667. The Labute approximate surface area is 116 Å². The number of carbonyl (C=O) groups excluding carboxylic acids is 3. The van der Waals surface area contributed by atoms with Crippen molar-refractivity contribution in [1.82, 2.24) is 15.1 Å². The number of imide groups is 1. The van der Waals surface area contributed by atoms with Crippen LogP contribution in [0.5, 0.6) is 0 Å². The second kappa shape index (κ2) is 6.36. The summed E-state index contributed by atoms with van der Waals surface area (Å²) in [5.74, 6) is -2.77. The van der Waals surface area contributed by atoms with Crippen LogP contribution in [-0.4, -0.2) is 64.9 Å². The third-order valence-corrected chi connectivity index (χ3v) is 3.18. The lowest BCUT2D eigenvalue weighted by Crippen LogP contribution is -2.61. The van der Waals surface area contributed by atoms with Gasteiger partial charge in [0.15, 0.2) is 0 Å². The Hall–Kier alpha value is -2.12. The lowest BCUT2D eigenvalue weighted by molar-refractivity contribution is -0.142. The molecule has 0 aromatic carbocycles. The summed E-state index contributed by atoms with van der Waals surface area (Å²) in [6.07, 6.45) is 0.382. The van der Waals surface area contributed by atoms with Crippen LogP contribution in [0.1, 0.15) is 20.3 Å². The number of carboxylic acids is 1. The summed E-state index contributed by atoms with van der Waals surface area (Å²) >= 11 is 0. The van der Waals surface area contributed by atoms with Crippen molar-refractivity contribution < 1.29 is 24.3 Å². The molecule has 1 rings (SSSR count). The molecule has 0 saturated carbocycles. The van der Waals surface area contributed by atoms with Crippen molar-refractivity contribution in [1.29, 1.82) is 0 Å². The molecular formula is C12H19N3O5. The first kappa shape index (κ1) is 15.9. The smallest absolute Gasteiger partial charge is 0.320 e. The van der Waals surface area contributed by atoms with E-state index in [1.807, 2.05) is 0 Å².